The van der Waals surface area contributed by atoms with Crippen molar-refractivity contribution in [2.75, 3.05) is 20.3 Å². The second-order valence-corrected chi connectivity index (χ2v) is 11.8. The van der Waals surface area contributed by atoms with Crippen LogP contribution >= 0.6 is 0 Å². The van der Waals surface area contributed by atoms with E-state index >= 15 is 0 Å². The predicted molar refractivity (Wildman–Crippen MR) is 179 cm³/mol. The van der Waals surface area contributed by atoms with Gasteiger partial charge in [-0.15, -0.1) is 0 Å². The Balaban J connectivity index is 1.22. The third-order valence-electron chi connectivity index (χ3n) is 8.66. The molecular formula is C39H42N2O5. The fraction of sp³-hybridized carbons (Fsp3) is 0.308. The molecule has 0 bridgehead atoms. The number of aryl methyl sites for hydroxylation is 1. The van der Waals surface area contributed by atoms with Crippen molar-refractivity contribution >= 4 is 17.7 Å². The van der Waals surface area contributed by atoms with Gasteiger partial charge in [0, 0.05) is 36.9 Å². The minimum absolute atomic E-state index is 0.0408. The van der Waals surface area contributed by atoms with Gasteiger partial charge in [0.25, 0.3) is 0 Å². The maximum Gasteiger partial charge on any atom is 0.407 e. The molecule has 0 aromatic heterocycles. The van der Waals surface area contributed by atoms with Crippen LogP contribution in [0.2, 0.25) is 0 Å². The van der Waals surface area contributed by atoms with Crippen molar-refractivity contribution in [2.45, 2.75) is 56.2 Å². The first-order valence-corrected chi connectivity index (χ1v) is 16.0. The second kappa shape index (κ2) is 16.6. The summed E-state index contributed by atoms with van der Waals surface area (Å²) in [4.78, 5) is 39.1. The molecule has 7 nitrogen and oxygen atoms in total. The molecule has 0 spiro atoms. The number of rotatable bonds is 14. The highest BCUT2D eigenvalue weighted by atomic mass is 16.5. The lowest BCUT2D eigenvalue weighted by molar-refractivity contribution is -0.120. The molecule has 1 saturated heterocycles. The largest absolute Gasteiger partial charge is 0.453 e. The molecule has 5 rings (SSSR count). The summed E-state index contributed by atoms with van der Waals surface area (Å²) in [6.45, 7) is 1.28. The molecule has 238 valence electrons. The fourth-order valence-corrected chi connectivity index (χ4v) is 6.13. The van der Waals surface area contributed by atoms with Crippen LogP contribution in [0.25, 0.3) is 0 Å². The number of amides is 1. The number of hydrogen-bond donors (Lipinski definition) is 2. The Bertz CT molecular complexity index is 1510. The maximum absolute atomic E-state index is 14.1. The quantitative estimate of drug-likeness (QED) is 0.161. The smallest absolute Gasteiger partial charge is 0.407 e. The van der Waals surface area contributed by atoms with Crippen LogP contribution in [-0.4, -0.2) is 56.1 Å². The van der Waals surface area contributed by atoms with Gasteiger partial charge in [-0.25, -0.2) is 4.79 Å². The highest BCUT2D eigenvalue weighted by molar-refractivity contribution is 5.96. The van der Waals surface area contributed by atoms with E-state index in [1.165, 1.54) is 7.11 Å². The number of nitrogens with one attached hydrogen (secondary N) is 2. The van der Waals surface area contributed by atoms with E-state index in [1.54, 1.807) is 0 Å². The molecular weight excluding hydrogens is 576 g/mol. The molecule has 4 aromatic rings. The van der Waals surface area contributed by atoms with Gasteiger partial charge < -0.3 is 20.1 Å². The Hall–Kier alpha value is -4.59. The Kier molecular flexibility index (Phi) is 11.9. The topological polar surface area (TPSA) is 93.7 Å². The maximum atomic E-state index is 14.1. The monoisotopic (exact) mass is 618 g/mol. The molecule has 0 saturated carbocycles. The van der Waals surface area contributed by atoms with Gasteiger partial charge in [-0.1, -0.05) is 115 Å². The fourth-order valence-electron chi connectivity index (χ4n) is 6.13. The zero-order valence-electron chi connectivity index (χ0n) is 26.3. The molecule has 7 heteroatoms. The van der Waals surface area contributed by atoms with E-state index in [0.717, 1.165) is 47.1 Å². The number of benzene rings is 4. The summed E-state index contributed by atoms with van der Waals surface area (Å²) >= 11 is 0. The first-order valence-electron chi connectivity index (χ1n) is 16.0. The minimum atomic E-state index is -0.832. The van der Waals surface area contributed by atoms with Crippen molar-refractivity contribution in [3.05, 3.63) is 143 Å². The van der Waals surface area contributed by atoms with Crippen molar-refractivity contribution in [1.29, 1.82) is 0 Å². The number of morpholine rings is 1. The van der Waals surface area contributed by atoms with Gasteiger partial charge in [0.2, 0.25) is 0 Å². The Morgan fingerprint density at radius 1 is 0.804 bits per heavy atom. The van der Waals surface area contributed by atoms with Gasteiger partial charge in [0.05, 0.1) is 19.8 Å². The number of alkyl carbamates (subject to hydrolysis) is 1. The van der Waals surface area contributed by atoms with Crippen molar-refractivity contribution in [3.8, 4) is 0 Å². The van der Waals surface area contributed by atoms with Crippen molar-refractivity contribution < 1.29 is 23.9 Å². The summed E-state index contributed by atoms with van der Waals surface area (Å²) in [7, 11) is 1.31. The normalized spacial score (nSPS) is 16.8. The van der Waals surface area contributed by atoms with Crippen LogP contribution in [0.4, 0.5) is 4.79 Å². The Labute approximate surface area is 271 Å². The van der Waals surface area contributed by atoms with Gasteiger partial charge in [-0.2, -0.15) is 0 Å². The number of carbonyl (C=O) groups excluding carboxylic acids is 3. The lowest BCUT2D eigenvalue weighted by Gasteiger charge is -2.30. The zero-order valence-corrected chi connectivity index (χ0v) is 26.3. The zero-order chi connectivity index (χ0) is 32.1. The van der Waals surface area contributed by atoms with Crippen molar-refractivity contribution in [3.63, 3.8) is 0 Å². The average Bonchev–Trinajstić information content (AvgIpc) is 3.11. The van der Waals surface area contributed by atoms with Crippen LogP contribution in [-0.2, 0) is 27.1 Å². The number of carbonyl (C=O) groups is 3. The first kappa shape index (κ1) is 32.8. The number of hydrogen-bond acceptors (Lipinski definition) is 6. The van der Waals surface area contributed by atoms with Gasteiger partial charge in [0.1, 0.15) is 6.04 Å². The van der Waals surface area contributed by atoms with Crippen LogP contribution in [0.5, 0.6) is 0 Å². The van der Waals surface area contributed by atoms with Crippen LogP contribution in [0.3, 0.4) is 0 Å². The van der Waals surface area contributed by atoms with E-state index in [2.05, 4.69) is 16.7 Å². The molecule has 1 heterocycles. The van der Waals surface area contributed by atoms with E-state index in [0.29, 0.717) is 19.6 Å². The summed E-state index contributed by atoms with van der Waals surface area (Å²) in [5.74, 6) is -0.337. The molecule has 1 amide bonds. The van der Waals surface area contributed by atoms with E-state index in [1.807, 2.05) is 109 Å². The number of methoxy groups -OCH3 is 1. The molecule has 1 aliphatic heterocycles. The predicted octanol–water partition coefficient (Wildman–Crippen LogP) is 6.31. The van der Waals surface area contributed by atoms with Crippen molar-refractivity contribution in [1.82, 2.24) is 10.6 Å². The number of Topliss-reactive ketones (excluding diaryl/α,β-unsaturated/α-hetero) is 2. The molecule has 0 radical (unpaired) electrons. The minimum Gasteiger partial charge on any atom is -0.453 e. The van der Waals surface area contributed by atoms with Crippen LogP contribution < -0.4 is 10.6 Å². The SMILES string of the molecule is COC(=O)N[C@H](C(=O)Cc1ccccc1CC[C@@H]1CN[C@H](CCC(=O)c2ccccc2)CO1)C(c1ccccc1)c1ccccc1. The summed E-state index contributed by atoms with van der Waals surface area (Å²) in [6, 6.07) is 36.3. The summed E-state index contributed by atoms with van der Waals surface area (Å²) in [5, 5.41) is 6.42. The molecule has 1 fully saturated rings. The molecule has 0 unspecified atom stereocenters. The van der Waals surface area contributed by atoms with Gasteiger partial charge in [0.15, 0.2) is 11.6 Å². The summed E-state index contributed by atoms with van der Waals surface area (Å²) in [6.07, 6.45) is 2.34. The highest BCUT2D eigenvalue weighted by Crippen LogP contribution is 2.30. The molecule has 4 aromatic carbocycles. The molecule has 46 heavy (non-hydrogen) atoms. The second-order valence-electron chi connectivity index (χ2n) is 11.8. The van der Waals surface area contributed by atoms with E-state index in [-0.39, 0.29) is 36.1 Å². The molecule has 0 aliphatic carbocycles. The van der Waals surface area contributed by atoms with Crippen LogP contribution in [0.15, 0.2) is 115 Å². The van der Waals surface area contributed by atoms with E-state index < -0.39 is 12.1 Å². The third kappa shape index (κ3) is 8.99. The van der Waals surface area contributed by atoms with Gasteiger partial charge in [-0.3, -0.25) is 9.59 Å². The summed E-state index contributed by atoms with van der Waals surface area (Å²) in [5.41, 5.74) is 4.63. The molecule has 3 atom stereocenters. The van der Waals surface area contributed by atoms with Crippen LogP contribution in [0.1, 0.15) is 57.8 Å². The van der Waals surface area contributed by atoms with E-state index in [9.17, 15) is 14.4 Å². The molecule has 1 aliphatic rings. The highest BCUT2D eigenvalue weighted by Gasteiger charge is 2.33. The molecule has 2 N–H and O–H groups in total. The van der Waals surface area contributed by atoms with Gasteiger partial charge >= 0.3 is 6.09 Å². The van der Waals surface area contributed by atoms with Crippen molar-refractivity contribution in [2.24, 2.45) is 0 Å². The summed E-state index contributed by atoms with van der Waals surface area (Å²) < 4.78 is 11.1. The van der Waals surface area contributed by atoms with Gasteiger partial charge in [-0.05, 0) is 41.5 Å². The van der Waals surface area contributed by atoms with E-state index in [4.69, 9.17) is 9.47 Å². The lowest BCUT2D eigenvalue weighted by Crippen LogP contribution is -2.46. The average molecular weight is 619 g/mol. The Morgan fingerprint density at radius 3 is 1.98 bits per heavy atom. The lowest BCUT2D eigenvalue weighted by atomic mass is 9.81. The standard InChI is InChI=1S/C39H42N2O5/c1-45-39(44)41-38(37(30-16-7-3-8-17-30)31-18-9-4-10-19-31)36(43)25-32-20-12-11-13-28(32)21-23-34-26-40-33(27-46-34)22-24-35(42)29-14-5-2-6-15-29/h2-20,33-34,37-38,40H,21-27H2,1H3,(H,41,44)/t33-,34-,38-/m1/s1. The Morgan fingerprint density at radius 2 is 1.39 bits per heavy atom. The third-order valence-corrected chi connectivity index (χ3v) is 8.66. The first-order chi connectivity index (χ1) is 22.5. The number of ether oxygens (including phenoxy) is 2. The van der Waals surface area contributed by atoms with Crippen LogP contribution in [0, 0.1) is 0 Å². The number of ketones is 2.